The van der Waals surface area contributed by atoms with Crippen molar-refractivity contribution in [1.82, 2.24) is 20.4 Å². The molecule has 0 saturated carbocycles. The Balaban J connectivity index is 1.65. The van der Waals surface area contributed by atoms with Crippen molar-refractivity contribution in [2.24, 2.45) is 4.99 Å². The van der Waals surface area contributed by atoms with Gasteiger partial charge in [0.1, 0.15) is 6.54 Å². The quantitative estimate of drug-likeness (QED) is 0.653. The molecule has 140 valence electrons. The normalized spacial score (nSPS) is 15.5. The minimum atomic E-state index is 0.386. The fourth-order valence-electron chi connectivity index (χ4n) is 3.05. The predicted octanol–water partition coefficient (Wildman–Crippen LogP) is 2.63. The van der Waals surface area contributed by atoms with Gasteiger partial charge in [0, 0.05) is 43.4 Å². The molecular weight excluding hydrogens is 352 g/mol. The van der Waals surface area contributed by atoms with Crippen LogP contribution in [0.3, 0.4) is 0 Å². The number of nitrogens with zero attached hydrogens (tertiary/aromatic N) is 5. The molecule has 8 heteroatoms. The van der Waals surface area contributed by atoms with Gasteiger partial charge in [-0.15, -0.1) is 0 Å². The minimum Gasteiger partial charge on any atom is -0.368 e. The Labute approximate surface area is 159 Å². The van der Waals surface area contributed by atoms with Crippen LogP contribution in [-0.4, -0.2) is 53.7 Å². The van der Waals surface area contributed by atoms with Crippen molar-refractivity contribution in [3.63, 3.8) is 0 Å². The second kappa shape index (κ2) is 8.40. The Morgan fingerprint density at radius 2 is 2.04 bits per heavy atom. The van der Waals surface area contributed by atoms with E-state index in [0.29, 0.717) is 18.3 Å². The largest absolute Gasteiger partial charge is 0.368 e. The molecule has 1 N–H and O–H groups in total. The number of aromatic nitrogens is 2. The first-order chi connectivity index (χ1) is 12.6. The Morgan fingerprint density at radius 1 is 1.27 bits per heavy atom. The maximum absolute atomic E-state index is 6.17. The van der Waals surface area contributed by atoms with Gasteiger partial charge in [0.25, 0.3) is 0 Å². The molecule has 0 unspecified atom stereocenters. The molecule has 0 amide bonds. The summed E-state index contributed by atoms with van der Waals surface area (Å²) in [6, 6.07) is 6.05. The number of anilines is 1. The molecule has 0 bridgehead atoms. The molecule has 1 aliphatic heterocycles. The standard InChI is InChI=1S/C18H25ClN6O/c1-4-20-18(21-12-17-22-14(3)23-26-17)25-9-7-24(8-10-25)16-11-15(19)6-5-13(16)2/h5-6,11H,4,7-10,12H2,1-3H3,(H,20,21). The van der Waals surface area contributed by atoms with Gasteiger partial charge in [0.2, 0.25) is 5.89 Å². The maximum atomic E-state index is 6.17. The number of piperazine rings is 1. The van der Waals surface area contributed by atoms with Gasteiger partial charge in [0.05, 0.1) is 0 Å². The van der Waals surface area contributed by atoms with Gasteiger partial charge >= 0.3 is 0 Å². The highest BCUT2D eigenvalue weighted by Crippen LogP contribution is 2.25. The van der Waals surface area contributed by atoms with E-state index in [1.807, 2.05) is 12.1 Å². The first-order valence-corrected chi connectivity index (χ1v) is 9.28. The van der Waals surface area contributed by atoms with Crippen molar-refractivity contribution in [3.8, 4) is 0 Å². The maximum Gasteiger partial charge on any atom is 0.248 e. The van der Waals surface area contributed by atoms with Gasteiger partial charge in [-0.2, -0.15) is 4.98 Å². The molecule has 1 aromatic heterocycles. The third-order valence-electron chi connectivity index (χ3n) is 4.36. The Kier molecular flexibility index (Phi) is 5.98. The van der Waals surface area contributed by atoms with E-state index in [2.05, 4.69) is 50.2 Å². The summed E-state index contributed by atoms with van der Waals surface area (Å²) >= 11 is 6.17. The van der Waals surface area contributed by atoms with Gasteiger partial charge < -0.3 is 19.6 Å². The van der Waals surface area contributed by atoms with Crippen molar-refractivity contribution in [1.29, 1.82) is 0 Å². The lowest BCUT2D eigenvalue weighted by atomic mass is 10.1. The number of aryl methyl sites for hydroxylation is 2. The monoisotopic (exact) mass is 376 g/mol. The summed E-state index contributed by atoms with van der Waals surface area (Å²) < 4.78 is 5.14. The smallest absolute Gasteiger partial charge is 0.248 e. The molecule has 2 aromatic rings. The molecule has 0 aliphatic carbocycles. The molecule has 1 aromatic carbocycles. The molecule has 26 heavy (non-hydrogen) atoms. The van der Waals surface area contributed by atoms with Crippen molar-refractivity contribution >= 4 is 23.2 Å². The van der Waals surface area contributed by atoms with Crippen LogP contribution in [0.4, 0.5) is 5.69 Å². The lowest BCUT2D eigenvalue weighted by Crippen LogP contribution is -2.52. The highest BCUT2D eigenvalue weighted by Gasteiger charge is 2.21. The van der Waals surface area contributed by atoms with Gasteiger partial charge in [-0.25, -0.2) is 4.99 Å². The van der Waals surface area contributed by atoms with Crippen LogP contribution in [0.15, 0.2) is 27.7 Å². The Morgan fingerprint density at radius 3 is 2.69 bits per heavy atom. The predicted molar refractivity (Wildman–Crippen MR) is 104 cm³/mol. The molecule has 1 saturated heterocycles. The average Bonchev–Trinajstić information content (AvgIpc) is 3.06. The molecule has 7 nitrogen and oxygen atoms in total. The van der Waals surface area contributed by atoms with Gasteiger partial charge in [-0.1, -0.05) is 22.8 Å². The molecule has 1 aliphatic rings. The zero-order valence-corrected chi connectivity index (χ0v) is 16.3. The van der Waals surface area contributed by atoms with Crippen LogP contribution in [0.1, 0.15) is 24.2 Å². The fraction of sp³-hybridized carbons (Fsp3) is 0.500. The summed E-state index contributed by atoms with van der Waals surface area (Å²) in [5, 5.41) is 7.93. The summed E-state index contributed by atoms with van der Waals surface area (Å²) in [5.74, 6) is 2.04. The van der Waals surface area contributed by atoms with Crippen LogP contribution in [-0.2, 0) is 6.54 Å². The second-order valence-electron chi connectivity index (χ2n) is 6.31. The fourth-order valence-corrected chi connectivity index (χ4v) is 3.22. The zero-order chi connectivity index (χ0) is 18.5. The third kappa shape index (κ3) is 4.46. The van der Waals surface area contributed by atoms with E-state index in [1.54, 1.807) is 6.92 Å². The van der Waals surface area contributed by atoms with E-state index >= 15 is 0 Å². The number of hydrogen-bond donors (Lipinski definition) is 1. The van der Waals surface area contributed by atoms with Crippen molar-refractivity contribution in [2.75, 3.05) is 37.6 Å². The lowest BCUT2D eigenvalue weighted by Gasteiger charge is -2.38. The lowest BCUT2D eigenvalue weighted by molar-refractivity contribution is 0.363. The first kappa shape index (κ1) is 18.5. The first-order valence-electron chi connectivity index (χ1n) is 8.90. The second-order valence-corrected chi connectivity index (χ2v) is 6.75. The number of aliphatic imine (C=N–C) groups is 1. The Bertz CT molecular complexity index is 767. The topological polar surface area (TPSA) is 69.8 Å². The highest BCUT2D eigenvalue weighted by atomic mass is 35.5. The number of benzene rings is 1. The molecule has 0 spiro atoms. The Hall–Kier alpha value is -2.28. The van der Waals surface area contributed by atoms with Gasteiger partial charge in [-0.05, 0) is 38.5 Å². The highest BCUT2D eigenvalue weighted by molar-refractivity contribution is 6.30. The van der Waals surface area contributed by atoms with Crippen molar-refractivity contribution in [3.05, 3.63) is 40.5 Å². The van der Waals surface area contributed by atoms with Crippen LogP contribution in [0.2, 0.25) is 5.02 Å². The number of halogens is 1. The summed E-state index contributed by atoms with van der Waals surface area (Å²) in [6.07, 6.45) is 0. The third-order valence-corrected chi connectivity index (χ3v) is 4.59. The molecule has 3 rings (SSSR count). The van der Waals surface area contributed by atoms with E-state index in [0.717, 1.165) is 43.7 Å². The molecule has 0 atom stereocenters. The van der Waals surface area contributed by atoms with E-state index in [-0.39, 0.29) is 0 Å². The zero-order valence-electron chi connectivity index (χ0n) is 15.5. The van der Waals surface area contributed by atoms with Crippen LogP contribution in [0.5, 0.6) is 0 Å². The van der Waals surface area contributed by atoms with Crippen LogP contribution >= 0.6 is 11.6 Å². The molecule has 0 radical (unpaired) electrons. The summed E-state index contributed by atoms with van der Waals surface area (Å²) in [6.45, 7) is 10.8. The van der Waals surface area contributed by atoms with E-state index in [4.69, 9.17) is 16.1 Å². The average molecular weight is 377 g/mol. The molecule has 2 heterocycles. The number of nitrogens with one attached hydrogen (secondary N) is 1. The van der Waals surface area contributed by atoms with Crippen LogP contribution < -0.4 is 10.2 Å². The van der Waals surface area contributed by atoms with Crippen LogP contribution in [0, 0.1) is 13.8 Å². The van der Waals surface area contributed by atoms with Crippen molar-refractivity contribution in [2.45, 2.75) is 27.3 Å². The van der Waals surface area contributed by atoms with Crippen LogP contribution in [0.25, 0.3) is 0 Å². The number of hydrogen-bond acceptors (Lipinski definition) is 5. The van der Waals surface area contributed by atoms with Crippen molar-refractivity contribution < 1.29 is 4.52 Å². The number of guanidine groups is 1. The SMILES string of the molecule is CCNC(=NCc1nc(C)no1)N1CCN(c2cc(Cl)ccc2C)CC1. The van der Waals surface area contributed by atoms with Gasteiger partial charge in [0.15, 0.2) is 11.8 Å². The van der Waals surface area contributed by atoms with E-state index in [9.17, 15) is 0 Å². The van der Waals surface area contributed by atoms with E-state index < -0.39 is 0 Å². The minimum absolute atomic E-state index is 0.386. The molecule has 1 fully saturated rings. The number of rotatable bonds is 4. The summed E-state index contributed by atoms with van der Waals surface area (Å²) in [5.41, 5.74) is 2.45. The van der Waals surface area contributed by atoms with E-state index in [1.165, 1.54) is 11.3 Å². The summed E-state index contributed by atoms with van der Waals surface area (Å²) in [4.78, 5) is 13.5. The van der Waals surface area contributed by atoms with Gasteiger partial charge in [-0.3, -0.25) is 0 Å². The summed E-state index contributed by atoms with van der Waals surface area (Å²) in [7, 11) is 0. The molecular formula is C18H25ClN6O.